The van der Waals surface area contributed by atoms with Gasteiger partial charge < -0.3 is 33.7 Å². The number of alkyl halides is 9. The largest absolute Gasteiger partial charge is 0.451 e. The van der Waals surface area contributed by atoms with E-state index in [1.165, 1.54) is 6.07 Å². The second-order valence-corrected chi connectivity index (χ2v) is 22.1. The predicted octanol–water partition coefficient (Wildman–Crippen LogP) is 14.2. The number of hydrogen-bond acceptors (Lipinski definition) is 9. The van der Waals surface area contributed by atoms with Crippen LogP contribution in [0.5, 0.6) is 11.5 Å². The van der Waals surface area contributed by atoms with Crippen LogP contribution >= 0.6 is 21.6 Å². The molecule has 1 N–H and O–H groups in total. The Morgan fingerprint density at radius 1 is 0.718 bits per heavy atom. The third-order valence-corrected chi connectivity index (χ3v) is 16.2. The standard InChI is InChI=1S/C49H66F13NO6S2/c1-29(2)66-27-31(28-67-30(3)4)9-6-19-64-22-24-71-70-23-7-18-63-26-37-40(50)42(52)44(43(53)41(37)51)69-33-11-13-34-32(25-33)10-12-36-35(34)16-17-45(5)38(36)14-15-39(45)65-20-8-21-68-46(47(54,55)56,48(57,58)59)49(60,61)62/h11,13,25,29-31,35-36,38-39,63H,6-10,12,14-24,26-28H2,1-5H3. The third kappa shape index (κ3) is 14.8. The van der Waals surface area contributed by atoms with E-state index in [1.54, 1.807) is 33.7 Å². The molecule has 3 aliphatic carbocycles. The van der Waals surface area contributed by atoms with Gasteiger partial charge in [-0.05, 0) is 145 Å². The van der Waals surface area contributed by atoms with Crippen molar-refractivity contribution in [1.29, 1.82) is 0 Å². The summed E-state index contributed by atoms with van der Waals surface area (Å²) in [6.07, 6.45) is -15.0. The van der Waals surface area contributed by atoms with E-state index in [1.807, 2.05) is 34.6 Å². The van der Waals surface area contributed by atoms with Gasteiger partial charge in [-0.2, -0.15) is 48.3 Å². The molecular weight excluding hydrogens is 1010 g/mol. The first kappa shape index (κ1) is 59.7. The molecular formula is C49H66F13NO6S2. The Morgan fingerprint density at radius 2 is 1.35 bits per heavy atom. The maximum atomic E-state index is 15.3. The molecule has 2 fully saturated rings. The van der Waals surface area contributed by atoms with E-state index in [9.17, 15) is 39.5 Å². The van der Waals surface area contributed by atoms with Gasteiger partial charge in [0.1, 0.15) is 5.75 Å². The molecule has 7 nitrogen and oxygen atoms in total. The molecule has 5 rings (SSSR count). The van der Waals surface area contributed by atoms with Crippen LogP contribution < -0.4 is 10.1 Å². The lowest BCUT2D eigenvalue weighted by atomic mass is 9.55. The minimum absolute atomic E-state index is 0.0206. The molecule has 71 heavy (non-hydrogen) atoms. The van der Waals surface area contributed by atoms with Gasteiger partial charge in [0.25, 0.3) is 0 Å². The number of fused-ring (bicyclic) bond motifs is 5. The second-order valence-electron chi connectivity index (χ2n) is 19.4. The van der Waals surface area contributed by atoms with Crippen LogP contribution in [0.15, 0.2) is 18.2 Å². The van der Waals surface area contributed by atoms with Crippen molar-refractivity contribution in [2.45, 2.75) is 154 Å². The Balaban J connectivity index is 1.04. The van der Waals surface area contributed by atoms with E-state index in [0.29, 0.717) is 83.8 Å². The van der Waals surface area contributed by atoms with Crippen LogP contribution in [0.3, 0.4) is 0 Å². The van der Waals surface area contributed by atoms with E-state index in [-0.39, 0.29) is 35.7 Å². The highest BCUT2D eigenvalue weighted by Crippen LogP contribution is 2.62. The second kappa shape index (κ2) is 26.0. The molecule has 5 unspecified atom stereocenters. The van der Waals surface area contributed by atoms with Crippen molar-refractivity contribution in [1.82, 2.24) is 5.32 Å². The molecule has 2 aromatic rings. The van der Waals surface area contributed by atoms with Crippen molar-refractivity contribution < 1.29 is 85.5 Å². The molecule has 0 aromatic heterocycles. The molecule has 406 valence electrons. The number of aryl methyl sites for hydroxylation is 1. The van der Waals surface area contributed by atoms with Gasteiger partial charge in [-0.3, -0.25) is 0 Å². The summed E-state index contributed by atoms with van der Waals surface area (Å²) in [6.45, 7) is 10.5. The average Bonchev–Trinajstić information content (AvgIpc) is 3.62. The van der Waals surface area contributed by atoms with Crippen LogP contribution in [0.4, 0.5) is 57.1 Å². The molecule has 5 atom stereocenters. The smallest absolute Gasteiger partial charge is 0.435 e. The van der Waals surface area contributed by atoms with E-state index >= 15 is 17.6 Å². The number of halogens is 13. The van der Waals surface area contributed by atoms with Crippen LogP contribution in [0.25, 0.3) is 0 Å². The Labute approximate surface area is 415 Å². The van der Waals surface area contributed by atoms with Gasteiger partial charge in [0.05, 0.1) is 44.7 Å². The molecule has 22 heteroatoms. The molecule has 0 aliphatic heterocycles. The zero-order chi connectivity index (χ0) is 52.4. The molecule has 0 saturated heterocycles. The maximum Gasteiger partial charge on any atom is 0.435 e. The van der Waals surface area contributed by atoms with Crippen LogP contribution in [0.1, 0.15) is 115 Å². The average molecular weight is 1080 g/mol. The minimum Gasteiger partial charge on any atom is -0.451 e. The fourth-order valence-corrected chi connectivity index (χ4v) is 12.2. The van der Waals surface area contributed by atoms with Gasteiger partial charge in [0.2, 0.25) is 17.4 Å². The number of rotatable bonds is 28. The topological polar surface area (TPSA) is 67.4 Å². The summed E-state index contributed by atoms with van der Waals surface area (Å²) >= 11 is 0. The van der Waals surface area contributed by atoms with Crippen LogP contribution in [0, 0.1) is 46.4 Å². The zero-order valence-corrected chi connectivity index (χ0v) is 42.2. The summed E-state index contributed by atoms with van der Waals surface area (Å²) < 4.78 is 213. The third-order valence-electron chi connectivity index (χ3n) is 13.8. The number of nitrogens with one attached hydrogen (secondary N) is 1. The zero-order valence-electron chi connectivity index (χ0n) is 40.6. The van der Waals surface area contributed by atoms with Crippen molar-refractivity contribution in [2.75, 3.05) is 57.7 Å². The summed E-state index contributed by atoms with van der Waals surface area (Å²) in [5.41, 5.74) is -5.76. The summed E-state index contributed by atoms with van der Waals surface area (Å²) in [4.78, 5) is 0. The highest BCUT2D eigenvalue weighted by molar-refractivity contribution is 8.76. The van der Waals surface area contributed by atoms with E-state index in [0.717, 1.165) is 35.5 Å². The van der Waals surface area contributed by atoms with Crippen molar-refractivity contribution >= 4 is 21.6 Å². The summed E-state index contributed by atoms with van der Waals surface area (Å²) in [6, 6.07) is 4.82. The molecule has 0 amide bonds. The fourth-order valence-electron chi connectivity index (χ4n) is 10.2. The van der Waals surface area contributed by atoms with Crippen LogP contribution in [-0.2, 0) is 36.6 Å². The maximum absolute atomic E-state index is 15.3. The fraction of sp³-hybridized carbons (Fsp3) is 0.755. The van der Waals surface area contributed by atoms with Gasteiger partial charge in [-0.15, -0.1) is 0 Å². The Bertz CT molecular complexity index is 1910. The molecule has 2 aromatic carbocycles. The first-order chi connectivity index (χ1) is 33.3. The SMILES string of the molecule is CC(C)OCC(CCCOCCSSCCCNCc1c(F)c(F)c(Oc2ccc3c(c2)CCC2C3CCC3(C)C(OCCCOC(C(F)(F)F)(C(F)(F)F)C(F)(F)F)CCC23)c(F)c1F)COC(C)C. The van der Waals surface area contributed by atoms with Gasteiger partial charge in [0, 0.05) is 42.7 Å². The highest BCUT2D eigenvalue weighted by Gasteiger charge is 2.85. The lowest BCUT2D eigenvalue weighted by Gasteiger charge is -2.50. The Morgan fingerprint density at radius 3 is 1.97 bits per heavy atom. The summed E-state index contributed by atoms with van der Waals surface area (Å²) in [5.74, 6) is -5.58. The predicted molar refractivity (Wildman–Crippen MR) is 246 cm³/mol. The highest BCUT2D eigenvalue weighted by atomic mass is 33.1. The van der Waals surface area contributed by atoms with Gasteiger partial charge in [-0.25, -0.2) is 8.78 Å². The van der Waals surface area contributed by atoms with E-state index in [2.05, 4.69) is 10.1 Å². The quantitative estimate of drug-likeness (QED) is 0.0388. The lowest BCUT2D eigenvalue weighted by Crippen LogP contribution is -2.67. The first-order valence-electron chi connectivity index (χ1n) is 24.2. The minimum atomic E-state index is -6.81. The monoisotopic (exact) mass is 1080 g/mol. The van der Waals surface area contributed by atoms with Gasteiger partial charge >= 0.3 is 24.1 Å². The molecule has 0 bridgehead atoms. The normalized spacial score (nSPS) is 21.9. The molecule has 2 saturated carbocycles. The molecule has 0 spiro atoms. The number of ether oxygens (including phenoxy) is 6. The Hall–Kier alpha value is -2.21. The van der Waals surface area contributed by atoms with Crippen molar-refractivity contribution in [3.8, 4) is 11.5 Å². The summed E-state index contributed by atoms with van der Waals surface area (Å²) in [7, 11) is 3.27. The Kier molecular flexibility index (Phi) is 21.9. The molecule has 3 aliphatic rings. The first-order valence-corrected chi connectivity index (χ1v) is 26.7. The van der Waals surface area contributed by atoms with Crippen molar-refractivity contribution in [3.05, 3.63) is 58.2 Å². The number of hydrogen-bond donors (Lipinski definition) is 1. The van der Waals surface area contributed by atoms with Crippen LogP contribution in [-0.4, -0.2) is 100 Å². The van der Waals surface area contributed by atoms with Gasteiger partial charge in [-0.1, -0.05) is 34.6 Å². The summed E-state index contributed by atoms with van der Waals surface area (Å²) in [5, 5.41) is 2.85. The molecule has 0 radical (unpaired) electrons. The van der Waals surface area contributed by atoms with Crippen LogP contribution in [0.2, 0.25) is 0 Å². The molecule has 0 heterocycles. The van der Waals surface area contributed by atoms with Crippen molar-refractivity contribution in [3.63, 3.8) is 0 Å². The van der Waals surface area contributed by atoms with Crippen molar-refractivity contribution in [2.24, 2.45) is 23.2 Å². The lowest BCUT2D eigenvalue weighted by molar-refractivity contribution is -0.457. The number of benzene rings is 2. The van der Waals surface area contributed by atoms with E-state index < -0.39 is 96.4 Å². The van der Waals surface area contributed by atoms with E-state index in [4.69, 9.17) is 23.7 Å². The van der Waals surface area contributed by atoms with Gasteiger partial charge in [0.15, 0.2) is 11.6 Å².